The predicted octanol–water partition coefficient (Wildman–Crippen LogP) is 1.58. The van der Waals surface area contributed by atoms with E-state index in [0.717, 1.165) is 11.1 Å². The first-order valence-electron chi connectivity index (χ1n) is 6.23. The third kappa shape index (κ3) is 4.53. The normalized spacial score (nSPS) is 11.7. The van der Waals surface area contributed by atoms with Crippen molar-refractivity contribution >= 4 is 28.4 Å². The molecule has 8 heteroatoms. The molecule has 1 aromatic carbocycles. The van der Waals surface area contributed by atoms with Crippen molar-refractivity contribution in [1.29, 1.82) is 0 Å². The third-order valence-electron chi connectivity index (χ3n) is 2.76. The lowest BCUT2D eigenvalue weighted by atomic mass is 10.0. The summed E-state index contributed by atoms with van der Waals surface area (Å²) in [5, 5.41) is 13.0. The molecule has 0 fully saturated rings. The van der Waals surface area contributed by atoms with Crippen LogP contribution in [-0.2, 0) is 4.79 Å². The summed E-state index contributed by atoms with van der Waals surface area (Å²) in [4.78, 5) is 23.1. The minimum Gasteiger partial charge on any atom is -0.352 e. The molecule has 4 N–H and O–H groups in total. The molecule has 0 radical (unpaired) electrons. The molecular formula is C13H15N5O2S. The molecular weight excluding hydrogens is 290 g/mol. The van der Waals surface area contributed by atoms with Crippen LogP contribution in [0.3, 0.4) is 0 Å². The van der Waals surface area contributed by atoms with Crippen LogP contribution in [0, 0.1) is 6.92 Å². The SMILES string of the molecule is Cc1cccc([C@@H](CC(=O)Nc2nncs2)NC(N)=O)c1. The van der Waals surface area contributed by atoms with E-state index < -0.39 is 12.1 Å². The maximum absolute atomic E-state index is 12.0. The molecule has 0 unspecified atom stereocenters. The fraction of sp³-hybridized carbons (Fsp3) is 0.231. The number of benzene rings is 1. The van der Waals surface area contributed by atoms with E-state index in [1.807, 2.05) is 31.2 Å². The maximum atomic E-state index is 12.0. The lowest BCUT2D eigenvalue weighted by Crippen LogP contribution is -2.35. The van der Waals surface area contributed by atoms with Gasteiger partial charge in [0.05, 0.1) is 12.5 Å². The number of anilines is 1. The van der Waals surface area contributed by atoms with Crippen LogP contribution >= 0.6 is 11.3 Å². The number of nitrogens with zero attached hydrogens (tertiary/aromatic N) is 2. The molecule has 0 aliphatic carbocycles. The molecule has 1 atom stereocenters. The van der Waals surface area contributed by atoms with E-state index in [9.17, 15) is 9.59 Å². The van der Waals surface area contributed by atoms with Gasteiger partial charge in [0, 0.05) is 0 Å². The van der Waals surface area contributed by atoms with Crippen LogP contribution in [0.5, 0.6) is 0 Å². The van der Waals surface area contributed by atoms with Crippen molar-refractivity contribution in [2.75, 3.05) is 5.32 Å². The fourth-order valence-electron chi connectivity index (χ4n) is 1.89. The summed E-state index contributed by atoms with van der Waals surface area (Å²) >= 11 is 1.22. The summed E-state index contributed by atoms with van der Waals surface area (Å²) in [5.74, 6) is -0.271. The van der Waals surface area contributed by atoms with Gasteiger partial charge in [0.1, 0.15) is 5.51 Å². The Hall–Kier alpha value is -2.48. The molecule has 2 aromatic rings. The van der Waals surface area contributed by atoms with Crippen LogP contribution < -0.4 is 16.4 Å². The topological polar surface area (TPSA) is 110 Å². The van der Waals surface area contributed by atoms with Crippen molar-refractivity contribution in [2.24, 2.45) is 5.73 Å². The van der Waals surface area contributed by atoms with Crippen molar-refractivity contribution in [3.8, 4) is 0 Å². The quantitative estimate of drug-likeness (QED) is 0.779. The van der Waals surface area contributed by atoms with Gasteiger partial charge in [-0.05, 0) is 12.5 Å². The summed E-state index contributed by atoms with van der Waals surface area (Å²) in [5.41, 5.74) is 8.56. The molecule has 1 aromatic heterocycles. The zero-order valence-corrected chi connectivity index (χ0v) is 12.2. The number of hydrogen-bond acceptors (Lipinski definition) is 5. The Labute approximate surface area is 125 Å². The monoisotopic (exact) mass is 305 g/mol. The summed E-state index contributed by atoms with van der Waals surface area (Å²) < 4.78 is 0. The van der Waals surface area contributed by atoms with E-state index in [0.29, 0.717) is 5.13 Å². The Kier molecular flexibility index (Phi) is 4.83. The van der Waals surface area contributed by atoms with E-state index in [1.54, 1.807) is 0 Å². The maximum Gasteiger partial charge on any atom is 0.312 e. The van der Waals surface area contributed by atoms with Gasteiger partial charge in [0.25, 0.3) is 0 Å². The smallest absolute Gasteiger partial charge is 0.312 e. The molecule has 110 valence electrons. The molecule has 0 bridgehead atoms. The van der Waals surface area contributed by atoms with Gasteiger partial charge in [-0.15, -0.1) is 10.2 Å². The zero-order chi connectivity index (χ0) is 15.2. The number of amides is 3. The molecule has 0 aliphatic heterocycles. The number of aromatic nitrogens is 2. The summed E-state index contributed by atoms with van der Waals surface area (Å²) in [7, 11) is 0. The summed E-state index contributed by atoms with van der Waals surface area (Å²) in [6.45, 7) is 1.94. The molecule has 0 aliphatic rings. The lowest BCUT2D eigenvalue weighted by molar-refractivity contribution is -0.116. The van der Waals surface area contributed by atoms with E-state index in [4.69, 9.17) is 5.73 Å². The van der Waals surface area contributed by atoms with Crippen LogP contribution in [0.25, 0.3) is 0 Å². The molecule has 0 saturated carbocycles. The first-order chi connectivity index (χ1) is 10.0. The van der Waals surface area contributed by atoms with Crippen molar-refractivity contribution in [3.63, 3.8) is 0 Å². The fourth-order valence-corrected chi connectivity index (χ4v) is 2.36. The molecule has 0 saturated heterocycles. The van der Waals surface area contributed by atoms with Gasteiger partial charge in [-0.2, -0.15) is 0 Å². The van der Waals surface area contributed by atoms with Gasteiger partial charge in [-0.1, -0.05) is 41.2 Å². The minimum absolute atomic E-state index is 0.0615. The second-order valence-corrected chi connectivity index (χ2v) is 5.30. The highest BCUT2D eigenvalue weighted by atomic mass is 32.1. The highest BCUT2D eigenvalue weighted by Gasteiger charge is 2.18. The lowest BCUT2D eigenvalue weighted by Gasteiger charge is -2.17. The first-order valence-corrected chi connectivity index (χ1v) is 7.11. The highest BCUT2D eigenvalue weighted by Crippen LogP contribution is 2.19. The Morgan fingerprint density at radius 1 is 1.43 bits per heavy atom. The van der Waals surface area contributed by atoms with Crippen LogP contribution in [0.4, 0.5) is 9.93 Å². The minimum atomic E-state index is -0.676. The van der Waals surface area contributed by atoms with Crippen LogP contribution in [0.2, 0.25) is 0 Å². The molecule has 2 rings (SSSR count). The van der Waals surface area contributed by atoms with Gasteiger partial charge >= 0.3 is 6.03 Å². The van der Waals surface area contributed by atoms with Crippen molar-refractivity contribution in [2.45, 2.75) is 19.4 Å². The Bertz CT molecular complexity index is 629. The van der Waals surface area contributed by atoms with Crippen LogP contribution in [0.15, 0.2) is 29.8 Å². The van der Waals surface area contributed by atoms with Crippen molar-refractivity contribution in [1.82, 2.24) is 15.5 Å². The second-order valence-electron chi connectivity index (χ2n) is 4.47. The number of urea groups is 1. The van der Waals surface area contributed by atoms with Crippen LogP contribution in [0.1, 0.15) is 23.6 Å². The Morgan fingerprint density at radius 3 is 2.86 bits per heavy atom. The van der Waals surface area contributed by atoms with E-state index in [-0.39, 0.29) is 12.3 Å². The number of hydrogen-bond donors (Lipinski definition) is 3. The second kappa shape index (κ2) is 6.80. The van der Waals surface area contributed by atoms with Crippen molar-refractivity contribution in [3.05, 3.63) is 40.9 Å². The largest absolute Gasteiger partial charge is 0.352 e. The first kappa shape index (κ1) is 14.9. The standard InChI is InChI=1S/C13H15N5O2S/c1-8-3-2-4-9(5-8)10(16-12(14)20)6-11(19)17-13-18-15-7-21-13/h2-5,7,10H,6H2,1H3,(H3,14,16,20)(H,17,18,19)/t10-/m1/s1. The van der Waals surface area contributed by atoms with Gasteiger partial charge in [0.2, 0.25) is 11.0 Å². The van der Waals surface area contributed by atoms with E-state index >= 15 is 0 Å². The summed E-state index contributed by atoms with van der Waals surface area (Å²) in [6.07, 6.45) is 0.0615. The number of rotatable bonds is 5. The number of nitrogens with one attached hydrogen (secondary N) is 2. The molecule has 3 amide bonds. The average molecular weight is 305 g/mol. The van der Waals surface area contributed by atoms with Gasteiger partial charge in [-0.25, -0.2) is 4.79 Å². The number of primary amides is 1. The molecule has 7 nitrogen and oxygen atoms in total. The van der Waals surface area contributed by atoms with Gasteiger partial charge in [0.15, 0.2) is 0 Å². The molecule has 1 heterocycles. The number of carbonyl (C=O) groups is 2. The number of nitrogens with two attached hydrogens (primary N) is 1. The highest BCUT2D eigenvalue weighted by molar-refractivity contribution is 7.13. The Balaban J connectivity index is 2.09. The zero-order valence-electron chi connectivity index (χ0n) is 11.4. The van der Waals surface area contributed by atoms with Gasteiger partial charge in [-0.3, -0.25) is 4.79 Å². The predicted molar refractivity (Wildman–Crippen MR) is 79.8 cm³/mol. The average Bonchev–Trinajstić information content (AvgIpc) is 2.90. The third-order valence-corrected chi connectivity index (χ3v) is 3.36. The number of carbonyl (C=O) groups excluding carboxylic acids is 2. The van der Waals surface area contributed by atoms with E-state index in [2.05, 4.69) is 20.8 Å². The molecule has 0 spiro atoms. The van der Waals surface area contributed by atoms with Crippen LogP contribution in [-0.4, -0.2) is 22.1 Å². The number of aryl methyl sites for hydroxylation is 1. The molecule has 21 heavy (non-hydrogen) atoms. The Morgan fingerprint density at radius 2 is 2.24 bits per heavy atom. The van der Waals surface area contributed by atoms with Gasteiger partial charge < -0.3 is 16.4 Å². The van der Waals surface area contributed by atoms with E-state index in [1.165, 1.54) is 16.8 Å². The van der Waals surface area contributed by atoms with Crippen molar-refractivity contribution < 1.29 is 9.59 Å². The summed E-state index contributed by atoms with van der Waals surface area (Å²) in [6, 6.07) is 6.38.